The highest BCUT2D eigenvalue weighted by Crippen LogP contribution is 2.29. The number of amides is 3. The molecule has 5 aliphatic heterocycles. The maximum absolute atomic E-state index is 13.2. The fourth-order valence-corrected chi connectivity index (χ4v) is 7.64. The van der Waals surface area contributed by atoms with Crippen molar-refractivity contribution in [1.82, 2.24) is 24.8 Å². The number of ether oxygens (including phenoxy) is 3. The Morgan fingerprint density at radius 3 is 1.84 bits per heavy atom. The number of nitrogens with one attached hydrogen (secondary N) is 2. The van der Waals surface area contributed by atoms with Crippen LogP contribution in [0.4, 0.5) is 28.1 Å². The van der Waals surface area contributed by atoms with Crippen LogP contribution >= 0.6 is 0 Å². The molecule has 2 N–H and O–H groups in total. The number of carbonyl (C=O) groups is 2. The van der Waals surface area contributed by atoms with Crippen LogP contribution in [0.3, 0.4) is 0 Å². The summed E-state index contributed by atoms with van der Waals surface area (Å²) in [5.74, 6) is 1.85. The number of anilines is 4. The Bertz CT molecular complexity index is 1620. The molecule has 5 saturated heterocycles. The fraction of sp³-hybridized carbons (Fsp3) is 0.528. The van der Waals surface area contributed by atoms with Gasteiger partial charge in [0.05, 0.1) is 51.7 Å². The quantitative estimate of drug-likeness (QED) is 0.380. The van der Waals surface area contributed by atoms with Crippen molar-refractivity contribution in [2.45, 2.75) is 43.8 Å². The van der Waals surface area contributed by atoms with Gasteiger partial charge in [0.2, 0.25) is 11.9 Å². The smallest absolute Gasteiger partial charge is 0.323 e. The summed E-state index contributed by atoms with van der Waals surface area (Å²) < 4.78 is 17.2. The van der Waals surface area contributed by atoms with E-state index in [-0.39, 0.29) is 24.0 Å². The van der Waals surface area contributed by atoms with Crippen molar-refractivity contribution in [3.63, 3.8) is 0 Å². The Hall–Kier alpha value is -4.37. The van der Waals surface area contributed by atoms with Crippen molar-refractivity contribution in [3.8, 4) is 11.4 Å². The monoisotopic (exact) mass is 683 g/mol. The minimum atomic E-state index is -0.376. The number of nitrogens with zero attached hydrogens (tertiary/aromatic N) is 7. The first-order valence-corrected chi connectivity index (χ1v) is 17.9. The fourth-order valence-electron chi connectivity index (χ4n) is 7.64. The molecule has 2 aromatic carbocycles. The third-order valence-corrected chi connectivity index (χ3v) is 10.4. The largest absolute Gasteiger partial charge is 0.378 e. The average Bonchev–Trinajstić information content (AvgIpc) is 3.71. The number of carbonyl (C=O) groups excluding carboxylic acids is 2. The molecule has 2 bridgehead atoms. The molecule has 0 unspecified atom stereocenters. The second kappa shape index (κ2) is 14.9. The minimum Gasteiger partial charge on any atom is -0.378 e. The normalized spacial score (nSPS) is 23.2. The summed E-state index contributed by atoms with van der Waals surface area (Å²) in [7, 11) is 0. The summed E-state index contributed by atoms with van der Waals surface area (Å²) in [5.41, 5.74) is 2.67. The van der Waals surface area contributed by atoms with Crippen molar-refractivity contribution < 1.29 is 23.8 Å². The van der Waals surface area contributed by atoms with E-state index in [2.05, 4.69) is 25.3 Å². The van der Waals surface area contributed by atoms with E-state index in [0.717, 1.165) is 31.5 Å². The van der Waals surface area contributed by atoms with E-state index in [1.807, 2.05) is 29.2 Å². The first kappa shape index (κ1) is 32.8. The molecule has 0 saturated carbocycles. The van der Waals surface area contributed by atoms with E-state index in [1.54, 1.807) is 24.3 Å². The molecule has 8 rings (SSSR count). The van der Waals surface area contributed by atoms with Gasteiger partial charge in [-0.05, 0) is 87.3 Å². The maximum Gasteiger partial charge on any atom is 0.323 e. The van der Waals surface area contributed by atoms with E-state index >= 15 is 0 Å². The molecule has 50 heavy (non-hydrogen) atoms. The Morgan fingerprint density at radius 2 is 1.22 bits per heavy atom. The van der Waals surface area contributed by atoms with Gasteiger partial charge in [0.25, 0.3) is 5.91 Å². The van der Waals surface area contributed by atoms with Crippen LogP contribution < -0.4 is 20.4 Å². The molecule has 0 atom stereocenters. The summed E-state index contributed by atoms with van der Waals surface area (Å²) >= 11 is 0. The van der Waals surface area contributed by atoms with Gasteiger partial charge in [0.15, 0.2) is 5.82 Å². The third-order valence-electron chi connectivity index (χ3n) is 10.4. The predicted molar refractivity (Wildman–Crippen MR) is 189 cm³/mol. The molecule has 3 aromatic rings. The zero-order chi connectivity index (χ0) is 33.9. The average molecular weight is 684 g/mol. The Morgan fingerprint density at radius 1 is 0.640 bits per heavy atom. The Kier molecular flexibility index (Phi) is 9.75. The van der Waals surface area contributed by atoms with Gasteiger partial charge >= 0.3 is 6.03 Å². The van der Waals surface area contributed by atoms with Crippen LogP contribution in [0, 0.1) is 0 Å². The zero-order valence-corrected chi connectivity index (χ0v) is 28.3. The lowest BCUT2D eigenvalue weighted by Gasteiger charge is -2.45. The van der Waals surface area contributed by atoms with Gasteiger partial charge in [-0.2, -0.15) is 15.0 Å². The van der Waals surface area contributed by atoms with Crippen LogP contribution in [-0.4, -0.2) is 134 Å². The molecule has 0 spiro atoms. The first-order chi connectivity index (χ1) is 24.6. The van der Waals surface area contributed by atoms with Gasteiger partial charge in [0, 0.05) is 54.7 Å². The highest BCUT2D eigenvalue weighted by Gasteiger charge is 2.38. The lowest BCUT2D eigenvalue weighted by atomic mass is 10.0. The van der Waals surface area contributed by atoms with Crippen LogP contribution in [0.25, 0.3) is 11.4 Å². The zero-order valence-electron chi connectivity index (χ0n) is 28.3. The van der Waals surface area contributed by atoms with Gasteiger partial charge in [-0.15, -0.1) is 0 Å². The SMILES string of the molecule is O=C(Nc1ccc(C(=O)N2CCC(N3CCCC3)CC2)cc1)Nc1ccc(-c2nc(N3CCOCC3)nc(N3C4COCC3COC4)n2)cc1. The van der Waals surface area contributed by atoms with Crippen molar-refractivity contribution in [1.29, 1.82) is 0 Å². The van der Waals surface area contributed by atoms with E-state index in [9.17, 15) is 9.59 Å². The summed E-state index contributed by atoms with van der Waals surface area (Å²) in [5, 5.41) is 5.77. The summed E-state index contributed by atoms with van der Waals surface area (Å²) in [6.45, 7) is 8.86. The van der Waals surface area contributed by atoms with Gasteiger partial charge in [-0.1, -0.05) is 0 Å². The van der Waals surface area contributed by atoms with Crippen molar-refractivity contribution in [2.24, 2.45) is 0 Å². The summed E-state index contributed by atoms with van der Waals surface area (Å²) in [6, 6.07) is 14.9. The number of piperidine rings is 1. The first-order valence-electron chi connectivity index (χ1n) is 17.9. The van der Waals surface area contributed by atoms with Gasteiger partial charge in [-0.3, -0.25) is 4.79 Å². The number of hydrogen-bond donors (Lipinski definition) is 2. The van der Waals surface area contributed by atoms with Gasteiger partial charge in [0.1, 0.15) is 0 Å². The summed E-state index contributed by atoms with van der Waals surface area (Å²) in [4.78, 5) is 49.7. The molecule has 6 heterocycles. The van der Waals surface area contributed by atoms with Crippen molar-refractivity contribution in [3.05, 3.63) is 54.1 Å². The molecule has 5 aliphatic rings. The third kappa shape index (κ3) is 7.24. The molecule has 264 valence electrons. The maximum atomic E-state index is 13.2. The number of urea groups is 1. The van der Waals surface area contributed by atoms with Gasteiger partial charge < -0.3 is 44.4 Å². The topological polar surface area (TPSA) is 138 Å². The molecular formula is C36H45N9O5. The van der Waals surface area contributed by atoms with E-state index in [1.165, 1.54) is 25.9 Å². The minimum absolute atomic E-state index is 0.0411. The molecule has 14 heteroatoms. The van der Waals surface area contributed by atoms with Crippen molar-refractivity contribution >= 4 is 35.2 Å². The highest BCUT2D eigenvalue weighted by atomic mass is 16.5. The number of fused-ring (bicyclic) bond motifs is 2. The molecule has 0 aliphatic carbocycles. The molecule has 0 radical (unpaired) electrons. The van der Waals surface area contributed by atoms with Crippen molar-refractivity contribution in [2.75, 3.05) is 99.3 Å². The number of hydrogen-bond acceptors (Lipinski definition) is 11. The van der Waals surface area contributed by atoms with Crippen LogP contribution in [0.5, 0.6) is 0 Å². The highest BCUT2D eigenvalue weighted by molar-refractivity contribution is 6.00. The summed E-state index contributed by atoms with van der Waals surface area (Å²) in [6.07, 6.45) is 4.64. The second-order valence-electron chi connectivity index (χ2n) is 13.6. The van der Waals surface area contributed by atoms with E-state index < -0.39 is 0 Å². The molecule has 3 amide bonds. The number of benzene rings is 2. The lowest BCUT2D eigenvalue weighted by Crippen LogP contribution is -2.60. The lowest BCUT2D eigenvalue weighted by molar-refractivity contribution is -0.0355. The standard InChI is InChI=1S/C36H45N9O5/c46-33(43-15-11-29(12-16-43)42-13-1-2-14-42)26-5-9-28(10-6-26)38-36(47)37-27-7-3-25(4-8-27)32-39-34(44-17-19-48-20-18-44)41-35(40-32)45-30-21-49-23-31(45)24-50-22-30/h3-10,29-31H,1-2,11-24H2,(H2,37,38,47). The molecule has 14 nitrogen and oxygen atoms in total. The molecule has 1 aromatic heterocycles. The Balaban J connectivity index is 0.900. The Labute approximate surface area is 292 Å². The predicted octanol–water partition coefficient (Wildman–Crippen LogP) is 3.32. The van der Waals surface area contributed by atoms with Crippen LogP contribution in [0.1, 0.15) is 36.0 Å². The number of likely N-dealkylation sites (tertiary alicyclic amines) is 2. The molecular weight excluding hydrogens is 638 g/mol. The van der Waals surface area contributed by atoms with Gasteiger partial charge in [-0.25, -0.2) is 4.79 Å². The number of aromatic nitrogens is 3. The van der Waals surface area contributed by atoms with E-state index in [0.29, 0.717) is 93.4 Å². The van der Waals surface area contributed by atoms with E-state index in [4.69, 9.17) is 29.2 Å². The number of rotatable bonds is 7. The number of morpholine rings is 3. The van der Waals surface area contributed by atoms with Crippen LogP contribution in [-0.2, 0) is 14.2 Å². The molecule has 5 fully saturated rings. The van der Waals surface area contributed by atoms with Crippen LogP contribution in [0.15, 0.2) is 48.5 Å². The van der Waals surface area contributed by atoms with Crippen LogP contribution in [0.2, 0.25) is 0 Å². The second-order valence-corrected chi connectivity index (χ2v) is 13.6.